The number of thiophene rings is 1. The van der Waals surface area contributed by atoms with Crippen molar-refractivity contribution >= 4 is 34.7 Å². The fourth-order valence-corrected chi connectivity index (χ4v) is 4.19. The molecule has 0 atom stereocenters. The maximum absolute atomic E-state index is 12.3. The number of hydrogen-bond donors (Lipinski definition) is 1. The lowest BCUT2D eigenvalue weighted by molar-refractivity contribution is 0.0857. The van der Waals surface area contributed by atoms with Crippen molar-refractivity contribution in [3.63, 3.8) is 0 Å². The minimum absolute atomic E-state index is 0.0649. The van der Waals surface area contributed by atoms with Gasteiger partial charge in [-0.25, -0.2) is 9.78 Å². The Hall–Kier alpha value is -1.93. The van der Waals surface area contributed by atoms with Crippen molar-refractivity contribution in [1.29, 1.82) is 0 Å². The van der Waals surface area contributed by atoms with Crippen molar-refractivity contribution in [2.24, 2.45) is 0 Å². The van der Waals surface area contributed by atoms with Crippen LogP contribution in [0, 0.1) is 0 Å². The van der Waals surface area contributed by atoms with E-state index in [0.717, 1.165) is 22.7 Å². The van der Waals surface area contributed by atoms with Crippen LogP contribution in [0.15, 0.2) is 22.9 Å². The molecule has 0 aromatic carbocycles. The number of carbonyl (C=O) groups is 2. The number of aromatic nitrogens is 1. The van der Waals surface area contributed by atoms with Gasteiger partial charge >= 0.3 is 6.09 Å². The Morgan fingerprint density at radius 1 is 1.38 bits per heavy atom. The second-order valence-electron chi connectivity index (χ2n) is 5.45. The summed E-state index contributed by atoms with van der Waals surface area (Å²) in [7, 11) is 0. The lowest BCUT2D eigenvalue weighted by atomic mass is 10.1. The molecule has 0 unspecified atom stereocenters. The Balaban J connectivity index is 1.52. The normalized spacial score (nSPS) is 15.3. The molecule has 1 fully saturated rings. The molecular weight excluding hydrogens is 346 g/mol. The largest absolute Gasteiger partial charge is 0.450 e. The molecule has 0 aliphatic carbocycles. The van der Waals surface area contributed by atoms with E-state index < -0.39 is 0 Å². The number of ether oxygens (including phenoxy) is 1. The molecule has 3 heterocycles. The highest BCUT2D eigenvalue weighted by molar-refractivity contribution is 7.20. The van der Waals surface area contributed by atoms with Crippen LogP contribution < -0.4 is 5.32 Å². The summed E-state index contributed by atoms with van der Waals surface area (Å²) in [6.45, 7) is 3.37. The Labute approximate surface area is 148 Å². The summed E-state index contributed by atoms with van der Waals surface area (Å²) in [5.41, 5.74) is 0.455. The second-order valence-corrected chi connectivity index (χ2v) is 7.25. The third-order valence-electron chi connectivity index (χ3n) is 3.82. The van der Waals surface area contributed by atoms with Crippen molar-refractivity contribution in [3.8, 4) is 9.88 Å². The van der Waals surface area contributed by atoms with Gasteiger partial charge in [-0.05, 0) is 31.2 Å². The van der Waals surface area contributed by atoms with Crippen molar-refractivity contribution in [2.45, 2.75) is 25.8 Å². The molecule has 3 rings (SSSR count). The van der Waals surface area contributed by atoms with Crippen molar-refractivity contribution < 1.29 is 14.3 Å². The fraction of sp³-hybridized carbons (Fsp3) is 0.438. The van der Waals surface area contributed by atoms with Crippen LogP contribution in [0.5, 0.6) is 0 Å². The molecule has 2 aromatic rings. The Morgan fingerprint density at radius 3 is 2.83 bits per heavy atom. The third-order valence-corrected chi connectivity index (χ3v) is 5.71. The van der Waals surface area contributed by atoms with Crippen LogP contribution in [-0.2, 0) is 4.74 Å². The van der Waals surface area contributed by atoms with Crippen LogP contribution >= 0.6 is 22.7 Å². The average Bonchev–Trinajstić information content (AvgIpc) is 3.27. The smallest absolute Gasteiger partial charge is 0.409 e. The number of hydrogen-bond acceptors (Lipinski definition) is 6. The van der Waals surface area contributed by atoms with Crippen LogP contribution in [0.3, 0.4) is 0 Å². The summed E-state index contributed by atoms with van der Waals surface area (Å²) >= 11 is 3.09. The van der Waals surface area contributed by atoms with E-state index in [-0.39, 0.29) is 18.0 Å². The SMILES string of the molecule is CCOC(=O)N1CCC(NC(=O)c2csc(-c3cccs3)n2)CC1. The summed E-state index contributed by atoms with van der Waals surface area (Å²) < 4.78 is 5.00. The highest BCUT2D eigenvalue weighted by atomic mass is 32.1. The molecule has 0 saturated carbocycles. The quantitative estimate of drug-likeness (QED) is 0.903. The maximum atomic E-state index is 12.3. The first-order valence-electron chi connectivity index (χ1n) is 7.89. The van der Waals surface area contributed by atoms with E-state index in [0.29, 0.717) is 25.4 Å². The molecule has 2 aromatic heterocycles. The van der Waals surface area contributed by atoms with Crippen molar-refractivity contribution in [1.82, 2.24) is 15.2 Å². The first-order valence-corrected chi connectivity index (χ1v) is 9.65. The molecule has 2 amide bonds. The number of thiazole rings is 1. The monoisotopic (exact) mass is 365 g/mol. The summed E-state index contributed by atoms with van der Waals surface area (Å²) in [6, 6.07) is 4.03. The standard InChI is InChI=1S/C16H19N3O3S2/c1-2-22-16(21)19-7-5-11(6-8-19)17-14(20)12-10-24-15(18-12)13-4-3-9-23-13/h3-4,9-11H,2,5-8H2,1H3,(H,17,20). The number of amides is 2. The van der Waals surface area contributed by atoms with Gasteiger partial charge in [0.25, 0.3) is 5.91 Å². The van der Waals surface area contributed by atoms with Gasteiger partial charge in [-0.3, -0.25) is 4.79 Å². The predicted molar refractivity (Wildman–Crippen MR) is 94.5 cm³/mol. The second kappa shape index (κ2) is 7.76. The van der Waals surface area contributed by atoms with Gasteiger partial charge in [-0.2, -0.15) is 0 Å². The van der Waals surface area contributed by atoms with Crippen LogP contribution in [0.25, 0.3) is 9.88 Å². The number of rotatable bonds is 4. The Morgan fingerprint density at radius 2 is 2.17 bits per heavy atom. The van der Waals surface area contributed by atoms with Gasteiger partial charge in [0.05, 0.1) is 11.5 Å². The molecule has 1 N–H and O–H groups in total. The third kappa shape index (κ3) is 3.93. The molecule has 128 valence electrons. The molecular formula is C16H19N3O3S2. The summed E-state index contributed by atoms with van der Waals surface area (Å²) in [4.78, 5) is 31.2. The fourth-order valence-electron chi connectivity index (χ4n) is 2.57. The Kier molecular flexibility index (Phi) is 5.47. The first kappa shape index (κ1) is 16.9. The number of carbonyl (C=O) groups excluding carboxylic acids is 2. The van der Waals surface area contributed by atoms with Gasteiger partial charge in [-0.1, -0.05) is 6.07 Å². The van der Waals surface area contributed by atoms with Gasteiger partial charge in [0.15, 0.2) is 0 Å². The van der Waals surface area contributed by atoms with E-state index in [1.54, 1.807) is 28.5 Å². The lowest BCUT2D eigenvalue weighted by Crippen LogP contribution is -2.46. The molecule has 1 aliphatic heterocycles. The number of nitrogens with one attached hydrogen (secondary N) is 1. The van der Waals surface area contributed by atoms with E-state index in [4.69, 9.17) is 4.74 Å². The summed E-state index contributed by atoms with van der Waals surface area (Å²) in [6.07, 6.45) is 1.18. The van der Waals surface area contributed by atoms with Gasteiger partial charge < -0.3 is 15.0 Å². The molecule has 1 aliphatic rings. The molecule has 1 saturated heterocycles. The number of likely N-dealkylation sites (tertiary alicyclic amines) is 1. The van der Waals surface area contributed by atoms with Gasteiger partial charge in [0.2, 0.25) is 0 Å². The predicted octanol–water partition coefficient (Wildman–Crippen LogP) is 3.22. The van der Waals surface area contributed by atoms with E-state index in [9.17, 15) is 9.59 Å². The first-order chi connectivity index (χ1) is 11.7. The van der Waals surface area contributed by atoms with Gasteiger partial charge in [0.1, 0.15) is 10.7 Å². The van der Waals surface area contributed by atoms with E-state index in [1.807, 2.05) is 17.5 Å². The molecule has 0 radical (unpaired) electrons. The topological polar surface area (TPSA) is 71.5 Å². The number of piperidine rings is 1. The van der Waals surface area contributed by atoms with E-state index >= 15 is 0 Å². The summed E-state index contributed by atoms with van der Waals surface area (Å²) in [5.74, 6) is -0.149. The molecule has 0 bridgehead atoms. The van der Waals surface area contributed by atoms with Crippen molar-refractivity contribution in [2.75, 3.05) is 19.7 Å². The molecule has 6 nitrogen and oxygen atoms in total. The van der Waals surface area contributed by atoms with Crippen LogP contribution in [0.4, 0.5) is 4.79 Å². The van der Waals surface area contributed by atoms with Crippen LogP contribution in [0.2, 0.25) is 0 Å². The zero-order chi connectivity index (χ0) is 16.9. The minimum atomic E-state index is -0.276. The van der Waals surface area contributed by atoms with Gasteiger partial charge in [0, 0.05) is 24.5 Å². The maximum Gasteiger partial charge on any atom is 0.409 e. The average molecular weight is 365 g/mol. The number of nitrogens with zero attached hydrogens (tertiary/aromatic N) is 2. The zero-order valence-electron chi connectivity index (χ0n) is 13.4. The van der Waals surface area contributed by atoms with Gasteiger partial charge in [-0.15, -0.1) is 22.7 Å². The van der Waals surface area contributed by atoms with Crippen LogP contribution in [0.1, 0.15) is 30.3 Å². The molecule has 0 spiro atoms. The minimum Gasteiger partial charge on any atom is -0.450 e. The highest BCUT2D eigenvalue weighted by Gasteiger charge is 2.25. The van der Waals surface area contributed by atoms with E-state index in [1.165, 1.54) is 11.3 Å². The lowest BCUT2D eigenvalue weighted by Gasteiger charge is -2.31. The Bertz CT molecular complexity index is 691. The highest BCUT2D eigenvalue weighted by Crippen LogP contribution is 2.27. The van der Waals surface area contributed by atoms with Crippen molar-refractivity contribution in [3.05, 3.63) is 28.6 Å². The van der Waals surface area contributed by atoms with Crippen LogP contribution in [-0.4, -0.2) is 47.6 Å². The zero-order valence-corrected chi connectivity index (χ0v) is 15.0. The molecule has 24 heavy (non-hydrogen) atoms. The summed E-state index contributed by atoms with van der Waals surface area (Å²) in [5, 5.41) is 7.67. The molecule has 8 heteroatoms. The van der Waals surface area contributed by atoms with E-state index in [2.05, 4.69) is 10.3 Å².